The first-order valence-corrected chi connectivity index (χ1v) is 7.04. The summed E-state index contributed by atoms with van der Waals surface area (Å²) in [6, 6.07) is 14.4. The van der Waals surface area contributed by atoms with Crippen LogP contribution in [0.1, 0.15) is 17.2 Å². The number of nitrogens with zero attached hydrogens (tertiary/aromatic N) is 1. The van der Waals surface area contributed by atoms with Crippen LogP contribution in [0.4, 0.5) is 4.39 Å². The van der Waals surface area contributed by atoms with Gasteiger partial charge >= 0.3 is 0 Å². The maximum absolute atomic E-state index is 13.2. The number of nitrogens with one attached hydrogen (secondary N) is 1. The molecule has 0 aliphatic rings. The predicted octanol–water partition coefficient (Wildman–Crippen LogP) is 4.34. The predicted molar refractivity (Wildman–Crippen MR) is 84.1 cm³/mol. The van der Waals surface area contributed by atoms with Crippen molar-refractivity contribution in [3.05, 3.63) is 76.7 Å². The number of rotatable bonds is 3. The molecule has 1 unspecified atom stereocenters. The van der Waals surface area contributed by atoms with Crippen molar-refractivity contribution in [3.8, 4) is 0 Å². The zero-order valence-corrected chi connectivity index (χ0v) is 12.2. The van der Waals surface area contributed by atoms with Gasteiger partial charge in [0.15, 0.2) is 0 Å². The summed E-state index contributed by atoms with van der Waals surface area (Å²) in [5, 5.41) is 4.72. The highest BCUT2D eigenvalue weighted by Crippen LogP contribution is 2.30. The van der Waals surface area contributed by atoms with Crippen LogP contribution in [0.15, 0.2) is 54.7 Å². The largest absolute Gasteiger partial charge is 0.309 e. The van der Waals surface area contributed by atoms with Crippen LogP contribution in [0.3, 0.4) is 0 Å². The summed E-state index contributed by atoms with van der Waals surface area (Å²) < 4.78 is 13.2. The van der Waals surface area contributed by atoms with Gasteiger partial charge in [0.25, 0.3) is 0 Å². The molecular weight excluding hydrogens is 287 g/mol. The fraction of sp³-hybridized carbons (Fsp3) is 0.118. The Balaban J connectivity index is 2.09. The number of hydrogen-bond donors (Lipinski definition) is 1. The minimum Gasteiger partial charge on any atom is -0.309 e. The van der Waals surface area contributed by atoms with Crippen molar-refractivity contribution in [2.75, 3.05) is 7.05 Å². The van der Waals surface area contributed by atoms with E-state index in [1.807, 2.05) is 37.4 Å². The topological polar surface area (TPSA) is 24.9 Å². The molecular formula is C17H14ClFN2. The Kier molecular flexibility index (Phi) is 3.86. The van der Waals surface area contributed by atoms with Crippen LogP contribution in [0, 0.1) is 5.82 Å². The van der Waals surface area contributed by atoms with E-state index in [1.54, 1.807) is 12.3 Å². The van der Waals surface area contributed by atoms with Gasteiger partial charge in [-0.15, -0.1) is 0 Å². The summed E-state index contributed by atoms with van der Waals surface area (Å²) in [5.74, 6) is -0.334. The number of pyridine rings is 1. The molecule has 2 nitrogen and oxygen atoms in total. The molecule has 3 aromatic rings. The lowest BCUT2D eigenvalue weighted by Crippen LogP contribution is -2.18. The van der Waals surface area contributed by atoms with Crippen molar-refractivity contribution in [2.24, 2.45) is 0 Å². The molecule has 0 radical (unpaired) electrons. The molecule has 21 heavy (non-hydrogen) atoms. The van der Waals surface area contributed by atoms with Crippen molar-refractivity contribution in [1.29, 1.82) is 0 Å². The van der Waals surface area contributed by atoms with E-state index < -0.39 is 0 Å². The summed E-state index contributed by atoms with van der Waals surface area (Å²) in [6.07, 6.45) is 1.77. The Bertz CT molecular complexity index is 789. The molecule has 0 amide bonds. The maximum atomic E-state index is 13.2. The SMILES string of the molecule is CNC(c1ccc2cccnc2c1)c1ccc(F)cc1Cl. The molecule has 1 atom stereocenters. The molecule has 1 N–H and O–H groups in total. The van der Waals surface area contributed by atoms with Crippen LogP contribution in [-0.2, 0) is 0 Å². The Morgan fingerprint density at radius 2 is 2.00 bits per heavy atom. The smallest absolute Gasteiger partial charge is 0.124 e. The Labute approximate surface area is 127 Å². The van der Waals surface area contributed by atoms with E-state index in [1.165, 1.54) is 12.1 Å². The molecule has 3 rings (SSSR count). The Morgan fingerprint density at radius 1 is 1.14 bits per heavy atom. The van der Waals surface area contributed by atoms with E-state index >= 15 is 0 Å². The summed E-state index contributed by atoms with van der Waals surface area (Å²) >= 11 is 6.18. The van der Waals surface area contributed by atoms with Gasteiger partial charge in [-0.25, -0.2) is 4.39 Å². The van der Waals surface area contributed by atoms with Gasteiger partial charge in [0.05, 0.1) is 11.6 Å². The third-order valence-corrected chi connectivity index (χ3v) is 3.85. The minimum atomic E-state index is -0.334. The molecule has 0 aliphatic carbocycles. The first kappa shape index (κ1) is 14.0. The van der Waals surface area contributed by atoms with E-state index in [9.17, 15) is 4.39 Å². The average molecular weight is 301 g/mol. The third kappa shape index (κ3) is 2.75. The minimum absolute atomic E-state index is 0.107. The van der Waals surface area contributed by atoms with Gasteiger partial charge in [-0.05, 0) is 42.4 Å². The third-order valence-electron chi connectivity index (χ3n) is 3.53. The summed E-state index contributed by atoms with van der Waals surface area (Å²) in [6.45, 7) is 0. The van der Waals surface area contributed by atoms with E-state index in [0.29, 0.717) is 5.02 Å². The van der Waals surface area contributed by atoms with Crippen molar-refractivity contribution in [1.82, 2.24) is 10.3 Å². The van der Waals surface area contributed by atoms with E-state index in [0.717, 1.165) is 22.0 Å². The van der Waals surface area contributed by atoms with Crippen molar-refractivity contribution < 1.29 is 4.39 Å². The Morgan fingerprint density at radius 3 is 2.76 bits per heavy atom. The normalized spacial score (nSPS) is 12.5. The average Bonchev–Trinajstić information content (AvgIpc) is 2.50. The van der Waals surface area contributed by atoms with Crippen LogP contribution in [0.5, 0.6) is 0 Å². The van der Waals surface area contributed by atoms with Crippen LogP contribution in [0.2, 0.25) is 5.02 Å². The maximum Gasteiger partial charge on any atom is 0.124 e. The Hall–Kier alpha value is -1.97. The summed E-state index contributed by atoms with van der Waals surface area (Å²) in [7, 11) is 1.85. The second kappa shape index (κ2) is 5.80. The van der Waals surface area contributed by atoms with Crippen LogP contribution < -0.4 is 5.32 Å². The molecule has 106 valence electrons. The molecule has 0 fully saturated rings. The number of aromatic nitrogens is 1. The van der Waals surface area contributed by atoms with Crippen molar-refractivity contribution in [2.45, 2.75) is 6.04 Å². The van der Waals surface area contributed by atoms with E-state index in [2.05, 4.69) is 10.3 Å². The zero-order chi connectivity index (χ0) is 14.8. The highest BCUT2D eigenvalue weighted by Gasteiger charge is 2.16. The lowest BCUT2D eigenvalue weighted by molar-refractivity contribution is 0.623. The van der Waals surface area contributed by atoms with Gasteiger partial charge in [-0.1, -0.05) is 35.9 Å². The monoisotopic (exact) mass is 300 g/mol. The van der Waals surface area contributed by atoms with Crippen molar-refractivity contribution >= 4 is 22.5 Å². The summed E-state index contributed by atoms with van der Waals surface area (Å²) in [5.41, 5.74) is 2.81. The first-order chi connectivity index (χ1) is 10.2. The molecule has 2 aromatic carbocycles. The molecule has 0 spiro atoms. The molecule has 1 aromatic heterocycles. The van der Waals surface area contributed by atoms with Gasteiger partial charge in [0.1, 0.15) is 5.82 Å². The molecule has 1 heterocycles. The second-order valence-electron chi connectivity index (χ2n) is 4.84. The highest BCUT2D eigenvalue weighted by atomic mass is 35.5. The number of hydrogen-bond acceptors (Lipinski definition) is 2. The van der Waals surface area contributed by atoms with Crippen LogP contribution in [0.25, 0.3) is 10.9 Å². The van der Waals surface area contributed by atoms with Gasteiger partial charge in [-0.3, -0.25) is 4.98 Å². The molecule has 4 heteroatoms. The number of benzene rings is 2. The lowest BCUT2D eigenvalue weighted by Gasteiger charge is -2.19. The van der Waals surface area contributed by atoms with Crippen LogP contribution in [-0.4, -0.2) is 12.0 Å². The van der Waals surface area contributed by atoms with Gasteiger partial charge < -0.3 is 5.32 Å². The lowest BCUT2D eigenvalue weighted by atomic mass is 9.97. The quantitative estimate of drug-likeness (QED) is 0.778. The van der Waals surface area contributed by atoms with Crippen LogP contribution >= 0.6 is 11.6 Å². The zero-order valence-electron chi connectivity index (χ0n) is 11.5. The molecule has 0 saturated carbocycles. The van der Waals surface area contributed by atoms with E-state index in [4.69, 9.17) is 11.6 Å². The molecule has 0 aliphatic heterocycles. The standard InChI is InChI=1S/C17H14ClFN2/c1-20-17(14-7-6-13(19)10-15(14)18)12-5-4-11-3-2-8-21-16(11)9-12/h2-10,17,20H,1H3. The first-order valence-electron chi connectivity index (χ1n) is 6.66. The fourth-order valence-electron chi connectivity index (χ4n) is 2.50. The van der Waals surface area contributed by atoms with Crippen molar-refractivity contribution in [3.63, 3.8) is 0 Å². The van der Waals surface area contributed by atoms with Gasteiger partial charge in [0.2, 0.25) is 0 Å². The summed E-state index contributed by atoms with van der Waals surface area (Å²) in [4.78, 5) is 4.37. The number of halogens is 2. The van der Waals surface area contributed by atoms with Gasteiger partial charge in [0, 0.05) is 16.6 Å². The number of fused-ring (bicyclic) bond motifs is 1. The molecule has 0 saturated heterocycles. The highest BCUT2D eigenvalue weighted by molar-refractivity contribution is 6.31. The molecule has 0 bridgehead atoms. The second-order valence-corrected chi connectivity index (χ2v) is 5.25. The van der Waals surface area contributed by atoms with E-state index in [-0.39, 0.29) is 11.9 Å². The van der Waals surface area contributed by atoms with Gasteiger partial charge in [-0.2, -0.15) is 0 Å². The fourth-order valence-corrected chi connectivity index (χ4v) is 2.78.